The third-order valence-corrected chi connectivity index (χ3v) is 3.73. The molecule has 1 nitrogen and oxygen atoms in total. The van der Waals surface area contributed by atoms with E-state index in [0.717, 1.165) is 5.56 Å². The molecule has 0 amide bonds. The van der Waals surface area contributed by atoms with Crippen LogP contribution in [0.3, 0.4) is 0 Å². The van der Waals surface area contributed by atoms with Crippen molar-refractivity contribution in [1.29, 1.82) is 0 Å². The van der Waals surface area contributed by atoms with Crippen molar-refractivity contribution in [3.63, 3.8) is 0 Å². The fraction of sp³-hybridized carbons (Fsp3) is 0.333. The minimum atomic E-state index is -0.110. The van der Waals surface area contributed by atoms with Gasteiger partial charge in [0.2, 0.25) is 0 Å². The van der Waals surface area contributed by atoms with Crippen LogP contribution in [0.15, 0.2) is 36.4 Å². The maximum absolute atomic E-state index is 3.33. The molecule has 19 heavy (non-hydrogen) atoms. The van der Waals surface area contributed by atoms with Gasteiger partial charge in [-0.25, -0.2) is 0 Å². The number of hydrogen-bond acceptors (Lipinski definition) is 1. The van der Waals surface area contributed by atoms with Crippen LogP contribution in [0.5, 0.6) is 0 Å². The Bertz CT molecular complexity index is 654. The Labute approximate surface area is 116 Å². The highest BCUT2D eigenvalue weighted by Gasteiger charge is 2.16. The van der Waals surface area contributed by atoms with Crippen LogP contribution in [-0.2, 0) is 0 Å². The van der Waals surface area contributed by atoms with Crippen LogP contribution in [0.1, 0.15) is 25.0 Å². The van der Waals surface area contributed by atoms with Crippen LogP contribution in [-0.4, -0.2) is 24.5 Å². The Kier molecular flexibility index (Phi) is 3.64. The molecule has 0 bridgehead atoms. The standard InChI is InChI=1S/C18H21N/c1-14-7-6-8-16-10-9-15(13-17(14)16)11-12-18(2,3)19(4)5/h6-10,13H,1-5H3. The number of aryl methyl sites for hydroxylation is 1. The molecule has 0 heterocycles. The first-order valence-electron chi connectivity index (χ1n) is 6.60. The molecule has 0 fully saturated rings. The molecule has 0 atom stereocenters. The van der Waals surface area contributed by atoms with Gasteiger partial charge in [0, 0.05) is 5.56 Å². The zero-order chi connectivity index (χ0) is 14.0. The van der Waals surface area contributed by atoms with Crippen LogP contribution >= 0.6 is 0 Å². The molecule has 2 aromatic rings. The van der Waals surface area contributed by atoms with Gasteiger partial charge in [-0.15, -0.1) is 0 Å². The highest BCUT2D eigenvalue weighted by atomic mass is 15.1. The molecule has 98 valence electrons. The van der Waals surface area contributed by atoms with Crippen molar-refractivity contribution in [1.82, 2.24) is 4.90 Å². The summed E-state index contributed by atoms with van der Waals surface area (Å²) >= 11 is 0. The summed E-state index contributed by atoms with van der Waals surface area (Å²) < 4.78 is 0. The van der Waals surface area contributed by atoms with Crippen molar-refractivity contribution < 1.29 is 0 Å². The lowest BCUT2D eigenvalue weighted by atomic mass is 10.0. The predicted molar refractivity (Wildman–Crippen MR) is 83.3 cm³/mol. The normalized spacial score (nSPS) is 11.5. The lowest BCUT2D eigenvalue weighted by Gasteiger charge is -2.26. The van der Waals surface area contributed by atoms with Crippen molar-refractivity contribution in [2.45, 2.75) is 26.3 Å². The summed E-state index contributed by atoms with van der Waals surface area (Å²) in [6, 6.07) is 12.8. The summed E-state index contributed by atoms with van der Waals surface area (Å²) in [4.78, 5) is 2.13. The molecule has 0 aliphatic heterocycles. The number of benzene rings is 2. The van der Waals surface area contributed by atoms with E-state index in [1.807, 2.05) is 0 Å². The van der Waals surface area contributed by atoms with E-state index in [-0.39, 0.29) is 5.54 Å². The summed E-state index contributed by atoms with van der Waals surface area (Å²) in [7, 11) is 4.11. The monoisotopic (exact) mass is 251 g/mol. The minimum Gasteiger partial charge on any atom is -0.294 e. The molecule has 0 spiro atoms. The first-order chi connectivity index (χ1) is 8.90. The fourth-order valence-electron chi connectivity index (χ4n) is 1.84. The smallest absolute Gasteiger partial charge is 0.0767 e. The topological polar surface area (TPSA) is 3.24 Å². The van der Waals surface area contributed by atoms with E-state index in [1.165, 1.54) is 16.3 Å². The van der Waals surface area contributed by atoms with Gasteiger partial charge in [-0.2, -0.15) is 0 Å². The third-order valence-electron chi connectivity index (χ3n) is 3.73. The first kappa shape index (κ1) is 13.6. The van der Waals surface area contributed by atoms with Gasteiger partial charge in [0.1, 0.15) is 0 Å². The second kappa shape index (κ2) is 5.07. The van der Waals surface area contributed by atoms with Gasteiger partial charge >= 0.3 is 0 Å². The van der Waals surface area contributed by atoms with E-state index in [4.69, 9.17) is 0 Å². The first-order valence-corrected chi connectivity index (χ1v) is 6.60. The van der Waals surface area contributed by atoms with E-state index in [1.54, 1.807) is 0 Å². The summed E-state index contributed by atoms with van der Waals surface area (Å²) in [6.45, 7) is 6.40. The average molecular weight is 251 g/mol. The van der Waals surface area contributed by atoms with Crippen molar-refractivity contribution in [3.8, 4) is 11.8 Å². The second-order valence-corrected chi connectivity index (χ2v) is 5.71. The highest BCUT2D eigenvalue weighted by Crippen LogP contribution is 2.19. The van der Waals surface area contributed by atoms with E-state index in [0.29, 0.717) is 0 Å². The molecule has 0 N–H and O–H groups in total. The Morgan fingerprint density at radius 2 is 1.79 bits per heavy atom. The van der Waals surface area contributed by atoms with Crippen LogP contribution in [0, 0.1) is 18.8 Å². The second-order valence-electron chi connectivity index (χ2n) is 5.71. The zero-order valence-electron chi connectivity index (χ0n) is 12.4. The lowest BCUT2D eigenvalue weighted by Crippen LogP contribution is -2.36. The Morgan fingerprint density at radius 3 is 2.47 bits per heavy atom. The Hall–Kier alpha value is -1.78. The number of rotatable bonds is 1. The van der Waals surface area contributed by atoms with Crippen LogP contribution < -0.4 is 0 Å². The van der Waals surface area contributed by atoms with Crippen molar-refractivity contribution in [2.24, 2.45) is 0 Å². The molecule has 0 radical (unpaired) electrons. The van der Waals surface area contributed by atoms with E-state index < -0.39 is 0 Å². The zero-order valence-corrected chi connectivity index (χ0v) is 12.4. The Balaban J connectivity index is 2.43. The fourth-order valence-corrected chi connectivity index (χ4v) is 1.84. The molecule has 0 aliphatic carbocycles. The van der Waals surface area contributed by atoms with Gasteiger partial charge in [0.05, 0.1) is 5.54 Å². The predicted octanol–water partition coefficient (Wildman–Crippen LogP) is 3.84. The summed E-state index contributed by atoms with van der Waals surface area (Å²) in [5.41, 5.74) is 2.27. The van der Waals surface area contributed by atoms with Gasteiger partial charge < -0.3 is 0 Å². The molecule has 0 saturated carbocycles. The van der Waals surface area contributed by atoms with Crippen LogP contribution in [0.2, 0.25) is 0 Å². The van der Waals surface area contributed by atoms with E-state index in [9.17, 15) is 0 Å². The lowest BCUT2D eigenvalue weighted by molar-refractivity contribution is 0.263. The molecule has 2 aromatic carbocycles. The van der Waals surface area contributed by atoms with Crippen molar-refractivity contribution in [3.05, 3.63) is 47.5 Å². The van der Waals surface area contributed by atoms with Crippen LogP contribution in [0.25, 0.3) is 10.8 Å². The number of hydrogen-bond donors (Lipinski definition) is 0. The Morgan fingerprint density at radius 1 is 1.05 bits per heavy atom. The molecular formula is C18H21N. The van der Waals surface area contributed by atoms with Gasteiger partial charge in [-0.1, -0.05) is 36.1 Å². The molecular weight excluding hydrogens is 230 g/mol. The van der Waals surface area contributed by atoms with Gasteiger partial charge in [0.15, 0.2) is 0 Å². The SMILES string of the molecule is Cc1cccc2ccc(C#CC(C)(C)N(C)C)cc12. The van der Waals surface area contributed by atoms with Crippen molar-refractivity contribution in [2.75, 3.05) is 14.1 Å². The molecule has 0 unspecified atom stereocenters. The van der Waals surface area contributed by atoms with Gasteiger partial charge in [-0.05, 0) is 63.3 Å². The quantitative estimate of drug-likeness (QED) is 0.696. The van der Waals surface area contributed by atoms with Crippen molar-refractivity contribution >= 4 is 10.8 Å². The third kappa shape index (κ3) is 2.97. The number of fused-ring (bicyclic) bond motifs is 1. The molecule has 0 aliphatic rings. The maximum Gasteiger partial charge on any atom is 0.0767 e. The van der Waals surface area contributed by atoms with Crippen LogP contribution in [0.4, 0.5) is 0 Å². The molecule has 2 rings (SSSR count). The van der Waals surface area contributed by atoms with E-state index in [2.05, 4.69) is 88.0 Å². The maximum atomic E-state index is 3.33. The number of nitrogens with zero attached hydrogens (tertiary/aromatic N) is 1. The average Bonchev–Trinajstić information content (AvgIpc) is 2.37. The molecule has 0 saturated heterocycles. The summed E-state index contributed by atoms with van der Waals surface area (Å²) in [5, 5.41) is 2.56. The molecule has 0 aromatic heterocycles. The van der Waals surface area contributed by atoms with Gasteiger partial charge in [-0.3, -0.25) is 4.90 Å². The summed E-state index contributed by atoms with van der Waals surface area (Å²) in [6.07, 6.45) is 0. The van der Waals surface area contributed by atoms with Gasteiger partial charge in [0.25, 0.3) is 0 Å². The summed E-state index contributed by atoms with van der Waals surface area (Å²) in [5.74, 6) is 6.63. The van der Waals surface area contributed by atoms with E-state index >= 15 is 0 Å². The highest BCUT2D eigenvalue weighted by molar-refractivity contribution is 5.86. The molecule has 1 heteroatoms. The largest absolute Gasteiger partial charge is 0.294 e. The minimum absolute atomic E-state index is 0.110.